The number of nitrogens with zero attached hydrogens (tertiary/aromatic N) is 1. The minimum absolute atomic E-state index is 0.0228. The van der Waals surface area contributed by atoms with Gasteiger partial charge in [-0.3, -0.25) is 14.3 Å². The van der Waals surface area contributed by atoms with Crippen molar-refractivity contribution in [3.8, 4) is 0 Å². The molecule has 178 valence electrons. The average Bonchev–Trinajstić information content (AvgIpc) is 2.84. The molecule has 0 radical (unpaired) electrons. The zero-order valence-electron chi connectivity index (χ0n) is 19.1. The Morgan fingerprint density at radius 3 is 2.42 bits per heavy atom. The second-order valence-corrected chi connectivity index (χ2v) is 10.1. The molecule has 1 aliphatic rings. The molecule has 33 heavy (non-hydrogen) atoms. The molecule has 0 aliphatic carbocycles. The number of unbranched alkanes of at least 4 members (excludes halogenated alkanes) is 3. The van der Waals surface area contributed by atoms with Crippen molar-refractivity contribution in [2.45, 2.75) is 50.3 Å². The fraction of sp³-hybridized carbons (Fsp3) is 0.440. The molecule has 8 heteroatoms. The van der Waals surface area contributed by atoms with Crippen molar-refractivity contribution >= 4 is 27.5 Å². The van der Waals surface area contributed by atoms with Crippen LogP contribution in [0.1, 0.15) is 55.8 Å². The zero-order valence-corrected chi connectivity index (χ0v) is 19.9. The van der Waals surface area contributed by atoms with Gasteiger partial charge in [-0.15, -0.1) is 0 Å². The van der Waals surface area contributed by atoms with Gasteiger partial charge < -0.3 is 10.2 Å². The lowest BCUT2D eigenvalue weighted by atomic mass is 9.96. The summed E-state index contributed by atoms with van der Waals surface area (Å²) in [4.78, 5) is 27.4. The van der Waals surface area contributed by atoms with Crippen LogP contribution in [0.3, 0.4) is 0 Å². The first-order valence-electron chi connectivity index (χ1n) is 11.7. The smallest absolute Gasteiger partial charge is 0.261 e. The number of amides is 2. The predicted octanol–water partition coefficient (Wildman–Crippen LogP) is 4.04. The fourth-order valence-electron chi connectivity index (χ4n) is 3.96. The maximum atomic E-state index is 13.0. The van der Waals surface area contributed by atoms with Crippen LogP contribution in [0.25, 0.3) is 0 Å². The highest BCUT2D eigenvalue weighted by molar-refractivity contribution is 7.92. The zero-order chi connectivity index (χ0) is 23.7. The maximum Gasteiger partial charge on any atom is 0.261 e. The van der Waals surface area contributed by atoms with Crippen molar-refractivity contribution in [2.24, 2.45) is 5.92 Å². The molecule has 0 spiro atoms. The Morgan fingerprint density at radius 1 is 1.00 bits per heavy atom. The lowest BCUT2D eigenvalue weighted by Gasteiger charge is -2.32. The van der Waals surface area contributed by atoms with Crippen molar-refractivity contribution in [3.05, 3.63) is 60.2 Å². The number of hydrogen-bond donors (Lipinski definition) is 2. The van der Waals surface area contributed by atoms with Gasteiger partial charge in [0.2, 0.25) is 5.91 Å². The van der Waals surface area contributed by atoms with Crippen molar-refractivity contribution in [3.63, 3.8) is 0 Å². The van der Waals surface area contributed by atoms with Crippen LogP contribution in [0.2, 0.25) is 0 Å². The van der Waals surface area contributed by atoms with Gasteiger partial charge >= 0.3 is 0 Å². The summed E-state index contributed by atoms with van der Waals surface area (Å²) in [5, 5.41) is 3.01. The number of nitrogens with one attached hydrogen (secondary N) is 2. The van der Waals surface area contributed by atoms with E-state index in [0.29, 0.717) is 30.9 Å². The quantitative estimate of drug-likeness (QED) is 0.511. The average molecular weight is 472 g/mol. The van der Waals surface area contributed by atoms with E-state index in [4.69, 9.17) is 0 Å². The second-order valence-electron chi connectivity index (χ2n) is 8.44. The number of likely N-dealkylation sites (tertiary alicyclic amines) is 1. The van der Waals surface area contributed by atoms with Crippen LogP contribution in [0.15, 0.2) is 59.5 Å². The van der Waals surface area contributed by atoms with Crippen LogP contribution in [0.4, 0.5) is 5.69 Å². The van der Waals surface area contributed by atoms with Crippen LogP contribution in [-0.4, -0.2) is 44.8 Å². The van der Waals surface area contributed by atoms with Crippen molar-refractivity contribution in [1.29, 1.82) is 0 Å². The molecule has 2 amide bonds. The van der Waals surface area contributed by atoms with Crippen molar-refractivity contribution in [1.82, 2.24) is 10.2 Å². The van der Waals surface area contributed by atoms with Gasteiger partial charge in [-0.1, -0.05) is 44.4 Å². The van der Waals surface area contributed by atoms with E-state index in [9.17, 15) is 18.0 Å². The van der Waals surface area contributed by atoms with Gasteiger partial charge in [0.05, 0.1) is 10.8 Å². The van der Waals surface area contributed by atoms with Crippen molar-refractivity contribution < 1.29 is 18.0 Å². The molecule has 1 fully saturated rings. The third-order valence-electron chi connectivity index (χ3n) is 5.85. The minimum atomic E-state index is -3.69. The summed E-state index contributed by atoms with van der Waals surface area (Å²) in [5.41, 5.74) is 0.854. The van der Waals surface area contributed by atoms with E-state index < -0.39 is 10.0 Å². The summed E-state index contributed by atoms with van der Waals surface area (Å²) in [5.74, 6) is -0.312. The number of anilines is 1. The van der Waals surface area contributed by atoms with Crippen molar-refractivity contribution in [2.75, 3.05) is 24.4 Å². The first-order chi connectivity index (χ1) is 15.9. The summed E-state index contributed by atoms with van der Waals surface area (Å²) >= 11 is 0. The Balaban J connectivity index is 1.55. The maximum absolute atomic E-state index is 13.0. The molecule has 1 unspecified atom stereocenters. The number of carbonyl (C=O) groups excluding carboxylic acids is 2. The third kappa shape index (κ3) is 7.05. The van der Waals surface area contributed by atoms with Crippen LogP contribution in [-0.2, 0) is 14.8 Å². The lowest BCUT2D eigenvalue weighted by molar-refractivity contribution is -0.126. The first kappa shape index (κ1) is 24.8. The summed E-state index contributed by atoms with van der Waals surface area (Å²) < 4.78 is 27.5. The molecule has 7 nitrogen and oxygen atoms in total. The molecule has 0 aromatic heterocycles. The number of hydrogen-bond acceptors (Lipinski definition) is 4. The van der Waals surface area contributed by atoms with Gasteiger partial charge in [0, 0.05) is 30.9 Å². The normalized spacial score (nSPS) is 16.3. The molecule has 1 aliphatic heterocycles. The second kappa shape index (κ2) is 11.8. The highest BCUT2D eigenvalue weighted by Crippen LogP contribution is 2.21. The van der Waals surface area contributed by atoms with E-state index in [1.54, 1.807) is 47.4 Å². The Hall–Kier alpha value is -2.87. The first-order valence-corrected chi connectivity index (χ1v) is 13.1. The topological polar surface area (TPSA) is 95.6 Å². The van der Waals surface area contributed by atoms with Crippen LogP contribution in [0, 0.1) is 5.92 Å². The number of sulfonamides is 1. The van der Waals surface area contributed by atoms with Gasteiger partial charge in [-0.25, -0.2) is 8.42 Å². The van der Waals surface area contributed by atoms with Gasteiger partial charge in [0.15, 0.2) is 0 Å². The fourth-order valence-corrected chi connectivity index (χ4v) is 5.04. The molecule has 2 aromatic carbocycles. The SMILES string of the molecule is CCCCCCNC(=O)C1CCCN(C(=O)c2ccc(NS(=O)(=O)c3ccccc3)cc2)C1. The van der Waals surface area contributed by atoms with E-state index in [-0.39, 0.29) is 22.6 Å². The number of rotatable bonds is 10. The molecule has 2 aromatic rings. The van der Waals surface area contributed by atoms with E-state index in [0.717, 1.165) is 32.1 Å². The molecule has 1 atom stereocenters. The van der Waals surface area contributed by atoms with E-state index >= 15 is 0 Å². The Morgan fingerprint density at radius 2 is 1.73 bits per heavy atom. The van der Waals surface area contributed by atoms with E-state index in [1.165, 1.54) is 18.6 Å². The highest BCUT2D eigenvalue weighted by Gasteiger charge is 2.28. The molecule has 0 saturated carbocycles. The van der Waals surface area contributed by atoms with Crippen LogP contribution >= 0.6 is 0 Å². The van der Waals surface area contributed by atoms with Crippen LogP contribution < -0.4 is 10.0 Å². The largest absolute Gasteiger partial charge is 0.356 e. The molecule has 2 N–H and O–H groups in total. The van der Waals surface area contributed by atoms with E-state index in [2.05, 4.69) is 17.0 Å². The van der Waals surface area contributed by atoms with Gasteiger partial charge in [0.1, 0.15) is 0 Å². The molecule has 1 saturated heterocycles. The Bertz CT molecular complexity index is 1020. The molecule has 0 bridgehead atoms. The lowest BCUT2D eigenvalue weighted by Crippen LogP contribution is -2.45. The minimum Gasteiger partial charge on any atom is -0.356 e. The summed E-state index contributed by atoms with van der Waals surface area (Å²) in [6, 6.07) is 14.5. The number of carbonyl (C=O) groups is 2. The molecular formula is C25H33N3O4S. The van der Waals surface area contributed by atoms with Gasteiger partial charge in [-0.2, -0.15) is 0 Å². The number of piperidine rings is 1. The standard InChI is InChI=1S/C25H33N3O4S/c1-2-3-4-8-17-26-24(29)21-10-9-18-28(19-21)25(30)20-13-15-22(16-14-20)27-33(31,32)23-11-6-5-7-12-23/h5-7,11-16,21,27H,2-4,8-10,17-19H2,1H3,(H,26,29). The van der Waals surface area contributed by atoms with E-state index in [1.807, 2.05) is 0 Å². The summed E-state index contributed by atoms with van der Waals surface area (Å²) in [6.07, 6.45) is 6.00. The summed E-state index contributed by atoms with van der Waals surface area (Å²) in [7, 11) is -3.69. The highest BCUT2D eigenvalue weighted by atomic mass is 32.2. The molecular weight excluding hydrogens is 438 g/mol. The monoisotopic (exact) mass is 471 g/mol. The molecule has 3 rings (SSSR count). The van der Waals surface area contributed by atoms with Gasteiger partial charge in [-0.05, 0) is 55.7 Å². The third-order valence-corrected chi connectivity index (χ3v) is 7.24. The molecule has 1 heterocycles. The predicted molar refractivity (Wildman–Crippen MR) is 129 cm³/mol. The Kier molecular flexibility index (Phi) is 8.88. The number of benzene rings is 2. The van der Waals surface area contributed by atoms with Gasteiger partial charge in [0.25, 0.3) is 15.9 Å². The Labute approximate surface area is 196 Å². The van der Waals surface area contributed by atoms with Crippen LogP contribution in [0.5, 0.6) is 0 Å². The summed E-state index contributed by atoms with van der Waals surface area (Å²) in [6.45, 7) is 3.86.